The maximum atomic E-state index is 14.1. The summed E-state index contributed by atoms with van der Waals surface area (Å²) in [4.78, 5) is 0. The molecule has 0 radical (unpaired) electrons. The van der Waals surface area contributed by atoms with Gasteiger partial charge in [0.25, 0.3) is 0 Å². The van der Waals surface area contributed by atoms with Gasteiger partial charge in [-0.15, -0.1) is 0 Å². The maximum Gasteiger partial charge on any atom is 0.172 e. The zero-order valence-electron chi connectivity index (χ0n) is 12.6. The lowest BCUT2D eigenvalue weighted by Gasteiger charge is -2.27. The molecule has 0 saturated heterocycles. The zero-order chi connectivity index (χ0) is 15.8. The van der Waals surface area contributed by atoms with Crippen molar-refractivity contribution in [1.82, 2.24) is 5.32 Å². The van der Waals surface area contributed by atoms with Gasteiger partial charge in [0, 0.05) is 18.8 Å². The average Bonchev–Trinajstić information content (AvgIpc) is 2.46. The number of hydrogen-bond donors (Lipinski definition) is 1. The van der Waals surface area contributed by atoms with Gasteiger partial charge < -0.3 is 14.8 Å². The fourth-order valence-electron chi connectivity index (χ4n) is 2.11. The van der Waals surface area contributed by atoms with Crippen molar-refractivity contribution < 1.29 is 18.3 Å². The molecular weight excluding hydrogens is 344 g/mol. The van der Waals surface area contributed by atoms with Gasteiger partial charge in [0.1, 0.15) is 11.6 Å². The molecule has 0 amide bonds. The molecule has 1 aromatic carbocycles. The van der Waals surface area contributed by atoms with Gasteiger partial charge in [0.15, 0.2) is 6.29 Å². The molecule has 1 aromatic rings. The number of benzene rings is 1. The van der Waals surface area contributed by atoms with Crippen LogP contribution >= 0.6 is 15.9 Å². The van der Waals surface area contributed by atoms with Crippen LogP contribution in [0.15, 0.2) is 16.6 Å². The van der Waals surface area contributed by atoms with Crippen molar-refractivity contribution in [2.75, 3.05) is 19.8 Å². The Labute approximate surface area is 133 Å². The average molecular weight is 366 g/mol. The minimum Gasteiger partial charge on any atom is -0.351 e. The number of ether oxygens (including phenoxy) is 2. The molecule has 21 heavy (non-hydrogen) atoms. The van der Waals surface area contributed by atoms with Gasteiger partial charge in [0.05, 0.1) is 10.5 Å². The highest BCUT2D eigenvalue weighted by Gasteiger charge is 2.25. The highest BCUT2D eigenvalue weighted by atomic mass is 79.9. The van der Waals surface area contributed by atoms with E-state index in [0.29, 0.717) is 19.8 Å². The first-order chi connectivity index (χ1) is 10.0. The zero-order valence-corrected chi connectivity index (χ0v) is 14.2. The van der Waals surface area contributed by atoms with E-state index in [1.54, 1.807) is 0 Å². The highest BCUT2D eigenvalue weighted by molar-refractivity contribution is 9.10. The van der Waals surface area contributed by atoms with Crippen molar-refractivity contribution in [1.29, 1.82) is 0 Å². The molecule has 0 aliphatic rings. The summed E-state index contributed by atoms with van der Waals surface area (Å²) < 4.78 is 39.3. The van der Waals surface area contributed by atoms with Gasteiger partial charge in [0.2, 0.25) is 0 Å². The smallest absolute Gasteiger partial charge is 0.172 e. The Balaban J connectivity index is 2.99. The lowest BCUT2D eigenvalue weighted by molar-refractivity contribution is -0.153. The summed E-state index contributed by atoms with van der Waals surface area (Å²) in [6.45, 7) is 7.23. The second-order valence-corrected chi connectivity index (χ2v) is 5.32. The molecule has 0 saturated carbocycles. The molecule has 1 N–H and O–H groups in total. The Morgan fingerprint density at radius 3 is 2.29 bits per heavy atom. The van der Waals surface area contributed by atoms with Crippen LogP contribution in [0.3, 0.4) is 0 Å². The third-order valence-corrected chi connectivity index (χ3v) is 3.63. The number of nitrogens with one attached hydrogen (secondary N) is 1. The van der Waals surface area contributed by atoms with Crippen LogP contribution in [-0.4, -0.2) is 32.1 Å². The minimum atomic E-state index is -0.579. The minimum absolute atomic E-state index is 0.0275. The van der Waals surface area contributed by atoms with E-state index >= 15 is 0 Å². The number of likely N-dealkylation sites (N-methyl/N-ethyl adjacent to an activating group) is 1. The Morgan fingerprint density at radius 1 is 1.14 bits per heavy atom. The Kier molecular flexibility index (Phi) is 8.33. The Morgan fingerprint density at radius 2 is 1.76 bits per heavy atom. The summed E-state index contributed by atoms with van der Waals surface area (Å²) in [5, 5.41) is 3.18. The van der Waals surface area contributed by atoms with Gasteiger partial charge >= 0.3 is 0 Å². The second kappa shape index (κ2) is 9.46. The first kappa shape index (κ1) is 18.5. The fraction of sp³-hybridized carbons (Fsp3) is 0.600. The van der Waals surface area contributed by atoms with E-state index in [4.69, 9.17) is 9.47 Å². The van der Waals surface area contributed by atoms with Crippen LogP contribution in [0.5, 0.6) is 0 Å². The van der Waals surface area contributed by atoms with Crippen molar-refractivity contribution in [3.8, 4) is 0 Å². The predicted octanol–water partition coefficient (Wildman–Crippen LogP) is 3.65. The summed E-state index contributed by atoms with van der Waals surface area (Å²) in [5.41, 5.74) is 0.0275. The predicted molar refractivity (Wildman–Crippen MR) is 82.3 cm³/mol. The lowest BCUT2D eigenvalue weighted by Crippen LogP contribution is -2.45. The molecular formula is C15H22BrF2NO2. The topological polar surface area (TPSA) is 30.5 Å². The van der Waals surface area contributed by atoms with E-state index in [1.807, 2.05) is 20.8 Å². The third kappa shape index (κ3) is 5.29. The molecule has 0 aliphatic carbocycles. The summed E-state index contributed by atoms with van der Waals surface area (Å²) in [6, 6.07) is 2.29. The van der Waals surface area contributed by atoms with Crippen LogP contribution in [0.1, 0.15) is 26.3 Å². The molecule has 3 nitrogen and oxygen atoms in total. The van der Waals surface area contributed by atoms with E-state index in [9.17, 15) is 8.78 Å². The van der Waals surface area contributed by atoms with E-state index in [1.165, 1.54) is 12.1 Å². The summed E-state index contributed by atoms with van der Waals surface area (Å²) in [7, 11) is 0. The van der Waals surface area contributed by atoms with Crippen LogP contribution in [0.4, 0.5) is 8.78 Å². The molecule has 1 atom stereocenters. The van der Waals surface area contributed by atoms with Crippen molar-refractivity contribution in [3.05, 3.63) is 33.8 Å². The molecule has 120 valence electrons. The first-order valence-corrected chi connectivity index (χ1v) is 7.93. The Bertz CT molecular complexity index is 440. The summed E-state index contributed by atoms with van der Waals surface area (Å²) >= 11 is 3.08. The van der Waals surface area contributed by atoms with Crippen LogP contribution < -0.4 is 5.32 Å². The SMILES string of the molecule is CCNC(Cc1c(F)ccc(Br)c1F)C(OCC)OCC. The van der Waals surface area contributed by atoms with Gasteiger partial charge in [-0.25, -0.2) is 8.78 Å². The van der Waals surface area contributed by atoms with Crippen molar-refractivity contribution in [3.63, 3.8) is 0 Å². The monoisotopic (exact) mass is 365 g/mol. The molecule has 0 heterocycles. The van der Waals surface area contributed by atoms with Gasteiger partial charge in [-0.1, -0.05) is 6.92 Å². The molecule has 0 spiro atoms. The first-order valence-electron chi connectivity index (χ1n) is 7.14. The quantitative estimate of drug-likeness (QED) is 0.535. The van der Waals surface area contributed by atoms with E-state index in [-0.39, 0.29) is 22.5 Å². The fourth-order valence-corrected chi connectivity index (χ4v) is 2.48. The maximum absolute atomic E-state index is 14.1. The largest absolute Gasteiger partial charge is 0.351 e. The van der Waals surface area contributed by atoms with E-state index in [2.05, 4.69) is 21.2 Å². The number of hydrogen-bond acceptors (Lipinski definition) is 3. The third-order valence-electron chi connectivity index (χ3n) is 3.02. The summed E-state index contributed by atoms with van der Waals surface area (Å²) in [5.74, 6) is -1.14. The molecule has 6 heteroatoms. The summed E-state index contributed by atoms with van der Waals surface area (Å²) in [6.07, 6.45) is -0.395. The van der Waals surface area contributed by atoms with Crippen LogP contribution in [0.2, 0.25) is 0 Å². The normalized spacial score (nSPS) is 12.9. The van der Waals surface area contributed by atoms with Crippen molar-refractivity contribution >= 4 is 15.9 Å². The van der Waals surface area contributed by atoms with Crippen LogP contribution in [0.25, 0.3) is 0 Å². The molecule has 0 aliphatic heterocycles. The highest BCUT2D eigenvalue weighted by Crippen LogP contribution is 2.23. The van der Waals surface area contributed by atoms with Crippen molar-refractivity contribution in [2.24, 2.45) is 0 Å². The molecule has 0 bridgehead atoms. The second-order valence-electron chi connectivity index (χ2n) is 4.47. The molecule has 0 aromatic heterocycles. The Hall–Kier alpha value is -0.560. The van der Waals surface area contributed by atoms with Gasteiger partial charge in [-0.3, -0.25) is 0 Å². The standard InChI is InChI=1S/C15H22BrF2NO2/c1-4-19-13(15(20-5-2)21-6-3)9-10-12(17)8-7-11(16)14(10)18/h7-8,13,15,19H,4-6,9H2,1-3H3. The molecule has 1 rings (SSSR count). The molecule has 1 unspecified atom stereocenters. The van der Waals surface area contributed by atoms with Gasteiger partial charge in [-0.2, -0.15) is 0 Å². The molecule has 0 fully saturated rings. The van der Waals surface area contributed by atoms with Crippen LogP contribution in [0, 0.1) is 11.6 Å². The number of halogens is 3. The van der Waals surface area contributed by atoms with Crippen molar-refractivity contribution in [2.45, 2.75) is 39.5 Å². The number of rotatable bonds is 9. The van der Waals surface area contributed by atoms with E-state index in [0.717, 1.165) is 0 Å². The van der Waals surface area contributed by atoms with Crippen LogP contribution in [-0.2, 0) is 15.9 Å². The van der Waals surface area contributed by atoms with E-state index < -0.39 is 17.9 Å². The lowest BCUT2D eigenvalue weighted by atomic mass is 10.0. The van der Waals surface area contributed by atoms with Gasteiger partial charge in [-0.05, 0) is 54.9 Å².